The Morgan fingerprint density at radius 3 is 2.18 bits per heavy atom. The van der Waals surface area contributed by atoms with Crippen molar-refractivity contribution in [1.82, 2.24) is 0 Å². The van der Waals surface area contributed by atoms with Crippen molar-refractivity contribution in [1.29, 1.82) is 0 Å². The molecule has 3 aromatic rings. The standard InChI is InChI=1S/C22H19ClN2O3/c1-15(21(26)24-17-7-3-2-4-8-17)28-18-13-11-16(12-14-18)22(27)25-20-10-6-5-9-19(20)23/h2-15H,1H3,(H,24,26)(H,25,27). The number of nitrogens with one attached hydrogen (secondary N) is 2. The lowest BCUT2D eigenvalue weighted by molar-refractivity contribution is -0.122. The maximum absolute atomic E-state index is 12.3. The van der Waals surface area contributed by atoms with Crippen LogP contribution in [0.4, 0.5) is 11.4 Å². The van der Waals surface area contributed by atoms with Crippen molar-refractivity contribution in [2.24, 2.45) is 0 Å². The molecule has 0 aliphatic heterocycles. The summed E-state index contributed by atoms with van der Waals surface area (Å²) in [6, 6.07) is 22.7. The predicted octanol–water partition coefficient (Wildman–Crippen LogP) is 5.00. The van der Waals surface area contributed by atoms with E-state index in [1.54, 1.807) is 67.6 Å². The van der Waals surface area contributed by atoms with Crippen LogP contribution in [0.3, 0.4) is 0 Å². The fourth-order valence-corrected chi connectivity index (χ4v) is 2.65. The minimum Gasteiger partial charge on any atom is -0.481 e. The first kappa shape index (κ1) is 19.5. The maximum atomic E-state index is 12.3. The number of para-hydroxylation sites is 2. The van der Waals surface area contributed by atoms with E-state index in [4.69, 9.17) is 16.3 Å². The van der Waals surface area contributed by atoms with Gasteiger partial charge in [-0.15, -0.1) is 0 Å². The van der Waals surface area contributed by atoms with Gasteiger partial charge in [0.25, 0.3) is 11.8 Å². The first-order chi connectivity index (χ1) is 13.5. The van der Waals surface area contributed by atoms with Crippen LogP contribution in [-0.2, 0) is 4.79 Å². The number of carbonyl (C=O) groups is 2. The molecule has 0 aromatic heterocycles. The van der Waals surface area contributed by atoms with Crippen molar-refractivity contribution in [3.8, 4) is 5.75 Å². The molecule has 0 aliphatic rings. The second kappa shape index (κ2) is 9.06. The largest absolute Gasteiger partial charge is 0.481 e. The average Bonchev–Trinajstić information content (AvgIpc) is 2.71. The molecule has 3 aromatic carbocycles. The van der Waals surface area contributed by atoms with Crippen LogP contribution in [-0.4, -0.2) is 17.9 Å². The summed E-state index contributed by atoms with van der Waals surface area (Å²) in [6.07, 6.45) is -0.692. The Morgan fingerprint density at radius 2 is 1.50 bits per heavy atom. The first-order valence-corrected chi connectivity index (χ1v) is 9.09. The van der Waals surface area contributed by atoms with Crippen LogP contribution < -0.4 is 15.4 Å². The van der Waals surface area contributed by atoms with E-state index in [-0.39, 0.29) is 11.8 Å². The Balaban J connectivity index is 1.58. The molecule has 142 valence electrons. The zero-order valence-electron chi connectivity index (χ0n) is 15.2. The minimum atomic E-state index is -0.692. The highest BCUT2D eigenvalue weighted by Crippen LogP contribution is 2.22. The summed E-state index contributed by atoms with van der Waals surface area (Å²) in [7, 11) is 0. The van der Waals surface area contributed by atoms with Crippen LogP contribution in [0, 0.1) is 0 Å². The lowest BCUT2D eigenvalue weighted by atomic mass is 10.2. The van der Waals surface area contributed by atoms with Crippen molar-refractivity contribution in [3.05, 3.63) is 89.4 Å². The van der Waals surface area contributed by atoms with Crippen molar-refractivity contribution in [2.75, 3.05) is 10.6 Å². The maximum Gasteiger partial charge on any atom is 0.265 e. The molecule has 0 saturated carbocycles. The molecule has 0 bridgehead atoms. The number of ether oxygens (including phenoxy) is 1. The van der Waals surface area contributed by atoms with E-state index < -0.39 is 6.10 Å². The van der Waals surface area contributed by atoms with Crippen LogP contribution >= 0.6 is 11.6 Å². The van der Waals surface area contributed by atoms with E-state index in [1.807, 2.05) is 18.2 Å². The summed E-state index contributed by atoms with van der Waals surface area (Å²) >= 11 is 6.05. The Bertz CT molecular complexity index is 959. The summed E-state index contributed by atoms with van der Waals surface area (Å²) in [5.41, 5.74) is 1.70. The number of halogens is 1. The third-order valence-corrected chi connectivity index (χ3v) is 4.29. The predicted molar refractivity (Wildman–Crippen MR) is 111 cm³/mol. The van der Waals surface area contributed by atoms with Crippen molar-refractivity contribution in [3.63, 3.8) is 0 Å². The monoisotopic (exact) mass is 394 g/mol. The van der Waals surface area contributed by atoms with Gasteiger partial charge < -0.3 is 15.4 Å². The van der Waals surface area contributed by atoms with E-state index in [0.29, 0.717) is 27.7 Å². The smallest absolute Gasteiger partial charge is 0.265 e. The zero-order valence-corrected chi connectivity index (χ0v) is 15.9. The fourth-order valence-electron chi connectivity index (χ4n) is 2.46. The number of rotatable bonds is 6. The van der Waals surface area contributed by atoms with Crippen LogP contribution in [0.5, 0.6) is 5.75 Å². The van der Waals surface area contributed by atoms with E-state index in [2.05, 4.69) is 10.6 Å². The van der Waals surface area contributed by atoms with Crippen LogP contribution in [0.2, 0.25) is 5.02 Å². The van der Waals surface area contributed by atoms with Crippen molar-refractivity contribution >= 4 is 34.8 Å². The first-order valence-electron chi connectivity index (χ1n) is 8.71. The Morgan fingerprint density at radius 1 is 0.857 bits per heavy atom. The molecule has 0 spiro atoms. The molecule has 28 heavy (non-hydrogen) atoms. The second-order valence-electron chi connectivity index (χ2n) is 6.07. The highest BCUT2D eigenvalue weighted by molar-refractivity contribution is 6.33. The number of hydrogen-bond donors (Lipinski definition) is 2. The lowest BCUT2D eigenvalue weighted by Gasteiger charge is -2.15. The quantitative estimate of drug-likeness (QED) is 0.618. The summed E-state index contributed by atoms with van der Waals surface area (Å²) in [5.74, 6) is -0.0498. The summed E-state index contributed by atoms with van der Waals surface area (Å²) in [6.45, 7) is 1.66. The number of benzene rings is 3. The molecule has 0 fully saturated rings. The molecule has 1 atom stereocenters. The molecular formula is C22H19ClN2O3. The van der Waals surface area contributed by atoms with Crippen molar-refractivity contribution in [2.45, 2.75) is 13.0 Å². The molecular weight excluding hydrogens is 376 g/mol. The van der Waals surface area contributed by atoms with Gasteiger partial charge in [0.2, 0.25) is 0 Å². The molecule has 2 N–H and O–H groups in total. The van der Waals surface area contributed by atoms with E-state index in [9.17, 15) is 9.59 Å². The normalized spacial score (nSPS) is 11.4. The van der Waals surface area contributed by atoms with Gasteiger partial charge in [0.15, 0.2) is 6.10 Å². The van der Waals surface area contributed by atoms with Gasteiger partial charge in [-0.25, -0.2) is 0 Å². The van der Waals surface area contributed by atoms with Gasteiger partial charge in [0.05, 0.1) is 10.7 Å². The molecule has 2 amide bonds. The molecule has 1 unspecified atom stereocenters. The molecule has 0 radical (unpaired) electrons. The van der Waals surface area contributed by atoms with Crippen LogP contribution in [0.15, 0.2) is 78.9 Å². The van der Waals surface area contributed by atoms with E-state index >= 15 is 0 Å². The number of amides is 2. The minimum absolute atomic E-state index is 0.258. The number of anilines is 2. The third kappa shape index (κ3) is 5.11. The summed E-state index contributed by atoms with van der Waals surface area (Å²) < 4.78 is 5.66. The molecule has 3 rings (SSSR count). The fraction of sp³-hybridized carbons (Fsp3) is 0.0909. The van der Waals surface area contributed by atoms with Gasteiger partial charge in [-0.2, -0.15) is 0 Å². The second-order valence-corrected chi connectivity index (χ2v) is 6.48. The lowest BCUT2D eigenvalue weighted by Crippen LogP contribution is -2.30. The third-order valence-electron chi connectivity index (χ3n) is 3.96. The van der Waals surface area contributed by atoms with Crippen molar-refractivity contribution < 1.29 is 14.3 Å². The highest BCUT2D eigenvalue weighted by atomic mass is 35.5. The van der Waals surface area contributed by atoms with Crippen LogP contribution in [0.25, 0.3) is 0 Å². The van der Waals surface area contributed by atoms with Gasteiger partial charge in [-0.1, -0.05) is 41.9 Å². The van der Waals surface area contributed by atoms with Gasteiger partial charge in [-0.05, 0) is 55.5 Å². The Labute approximate surface area is 168 Å². The van der Waals surface area contributed by atoms with E-state index in [1.165, 1.54) is 0 Å². The average molecular weight is 395 g/mol. The Hall–Kier alpha value is -3.31. The zero-order chi connectivity index (χ0) is 19.9. The van der Waals surface area contributed by atoms with Gasteiger partial charge in [0, 0.05) is 11.3 Å². The highest BCUT2D eigenvalue weighted by Gasteiger charge is 2.15. The van der Waals surface area contributed by atoms with Gasteiger partial charge in [-0.3, -0.25) is 9.59 Å². The summed E-state index contributed by atoms with van der Waals surface area (Å²) in [4.78, 5) is 24.6. The van der Waals surface area contributed by atoms with Crippen LogP contribution in [0.1, 0.15) is 17.3 Å². The molecule has 0 saturated heterocycles. The number of carbonyl (C=O) groups excluding carboxylic acids is 2. The van der Waals surface area contributed by atoms with Gasteiger partial charge in [0.1, 0.15) is 5.75 Å². The topological polar surface area (TPSA) is 67.4 Å². The molecule has 5 nitrogen and oxygen atoms in total. The van der Waals surface area contributed by atoms with Gasteiger partial charge >= 0.3 is 0 Å². The molecule has 0 heterocycles. The number of hydrogen-bond acceptors (Lipinski definition) is 3. The molecule has 0 aliphatic carbocycles. The SMILES string of the molecule is CC(Oc1ccc(C(=O)Nc2ccccc2Cl)cc1)C(=O)Nc1ccccc1. The van der Waals surface area contributed by atoms with E-state index in [0.717, 1.165) is 0 Å². The summed E-state index contributed by atoms with van der Waals surface area (Å²) in [5, 5.41) is 6.01. The Kier molecular flexibility index (Phi) is 6.29. The molecule has 6 heteroatoms.